The van der Waals surface area contributed by atoms with Crippen molar-refractivity contribution in [3.05, 3.63) is 23.4 Å². The SMILES string of the molecule is COCc1nc([C@H]2CN(C(=O)c3cc4n(n3)CCO4)C[C@@H]2C2CC2)n[nH]1. The molecule has 0 radical (unpaired) electrons. The number of hydrogen-bond acceptors (Lipinski definition) is 6. The second-order valence-corrected chi connectivity index (χ2v) is 7.33. The van der Waals surface area contributed by atoms with Gasteiger partial charge >= 0.3 is 0 Å². The molecule has 2 aromatic rings. The third-order valence-corrected chi connectivity index (χ3v) is 5.56. The van der Waals surface area contributed by atoms with Crippen LogP contribution in [0.25, 0.3) is 0 Å². The van der Waals surface area contributed by atoms with Crippen molar-refractivity contribution in [3.8, 4) is 5.88 Å². The number of aromatic nitrogens is 5. The Bertz CT molecular complexity index is 805. The van der Waals surface area contributed by atoms with Crippen LogP contribution in [0, 0.1) is 11.8 Å². The van der Waals surface area contributed by atoms with Crippen molar-refractivity contribution in [1.29, 1.82) is 0 Å². The third kappa shape index (κ3) is 2.66. The molecule has 1 amide bonds. The molecule has 0 unspecified atom stereocenters. The Kier molecular flexibility index (Phi) is 3.70. The molecule has 3 aliphatic rings. The predicted octanol–water partition coefficient (Wildman–Crippen LogP) is 0.806. The number of nitrogens with zero attached hydrogens (tertiary/aromatic N) is 5. The molecule has 2 fully saturated rings. The van der Waals surface area contributed by atoms with Crippen LogP contribution in [0.3, 0.4) is 0 Å². The number of hydrogen-bond donors (Lipinski definition) is 1. The number of amides is 1. The zero-order chi connectivity index (χ0) is 17.7. The van der Waals surface area contributed by atoms with E-state index in [0.717, 1.165) is 18.2 Å². The molecule has 1 N–H and O–H groups in total. The lowest BCUT2D eigenvalue weighted by Gasteiger charge is -2.14. The van der Waals surface area contributed by atoms with E-state index in [1.807, 2.05) is 4.90 Å². The fourth-order valence-electron chi connectivity index (χ4n) is 4.13. The number of carbonyl (C=O) groups is 1. The summed E-state index contributed by atoms with van der Waals surface area (Å²) >= 11 is 0. The number of likely N-dealkylation sites (tertiary alicyclic amines) is 1. The summed E-state index contributed by atoms with van der Waals surface area (Å²) in [5.74, 6) is 3.41. The van der Waals surface area contributed by atoms with Crippen LogP contribution in [-0.4, -0.2) is 62.6 Å². The van der Waals surface area contributed by atoms with Crippen LogP contribution in [0.1, 0.15) is 40.9 Å². The van der Waals surface area contributed by atoms with Crippen LogP contribution in [0.4, 0.5) is 0 Å². The van der Waals surface area contributed by atoms with Gasteiger partial charge in [-0.2, -0.15) is 10.2 Å². The van der Waals surface area contributed by atoms with Gasteiger partial charge in [0, 0.05) is 32.2 Å². The quantitative estimate of drug-likeness (QED) is 0.849. The van der Waals surface area contributed by atoms with Crippen LogP contribution in [0.15, 0.2) is 6.07 Å². The molecule has 2 aliphatic heterocycles. The van der Waals surface area contributed by atoms with E-state index >= 15 is 0 Å². The monoisotopic (exact) mass is 358 g/mol. The number of carbonyl (C=O) groups excluding carboxylic acids is 1. The third-order valence-electron chi connectivity index (χ3n) is 5.56. The van der Waals surface area contributed by atoms with Gasteiger partial charge in [-0.3, -0.25) is 9.89 Å². The molecular weight excluding hydrogens is 336 g/mol. The standard InChI is InChI=1S/C17H22N6O3/c1-25-9-14-18-16(20-19-14)12-8-22(7-11(12)10-2-3-10)17(24)13-6-15-23(21-13)4-5-26-15/h6,10-12H,2-5,7-9H2,1H3,(H,18,19,20)/t11-,12+/m1/s1. The zero-order valence-electron chi connectivity index (χ0n) is 14.7. The van der Waals surface area contributed by atoms with E-state index in [9.17, 15) is 4.79 Å². The van der Waals surface area contributed by atoms with Gasteiger partial charge in [0.1, 0.15) is 13.2 Å². The molecule has 0 spiro atoms. The average Bonchev–Trinajstić information content (AvgIpc) is 3.02. The smallest absolute Gasteiger partial charge is 0.274 e. The van der Waals surface area contributed by atoms with Crippen molar-refractivity contribution in [1.82, 2.24) is 29.9 Å². The van der Waals surface area contributed by atoms with Crippen molar-refractivity contribution in [3.63, 3.8) is 0 Å². The van der Waals surface area contributed by atoms with Gasteiger partial charge in [0.15, 0.2) is 17.3 Å². The highest BCUT2D eigenvalue weighted by Gasteiger charge is 2.46. The number of aromatic amines is 1. The van der Waals surface area contributed by atoms with Crippen LogP contribution < -0.4 is 4.74 Å². The van der Waals surface area contributed by atoms with E-state index in [1.165, 1.54) is 12.8 Å². The summed E-state index contributed by atoms with van der Waals surface area (Å²) in [7, 11) is 1.64. The van der Waals surface area contributed by atoms with E-state index in [1.54, 1.807) is 17.9 Å². The molecule has 2 aromatic heterocycles. The summed E-state index contributed by atoms with van der Waals surface area (Å²) in [5.41, 5.74) is 0.463. The van der Waals surface area contributed by atoms with Crippen molar-refractivity contribution in [2.24, 2.45) is 11.8 Å². The number of ether oxygens (including phenoxy) is 2. The summed E-state index contributed by atoms with van der Waals surface area (Å²) in [6.07, 6.45) is 2.45. The Hall–Kier alpha value is -2.42. The number of rotatable bonds is 5. The van der Waals surface area contributed by atoms with E-state index in [2.05, 4.69) is 20.3 Å². The lowest BCUT2D eigenvalue weighted by molar-refractivity contribution is 0.0777. The van der Waals surface area contributed by atoms with Crippen LogP contribution in [-0.2, 0) is 17.9 Å². The number of nitrogens with one attached hydrogen (secondary N) is 1. The van der Waals surface area contributed by atoms with Gasteiger partial charge in [0.2, 0.25) is 5.88 Å². The van der Waals surface area contributed by atoms with Crippen LogP contribution in [0.2, 0.25) is 0 Å². The lowest BCUT2D eigenvalue weighted by Crippen LogP contribution is -2.29. The number of methoxy groups -OCH3 is 1. The molecule has 5 rings (SSSR count). The van der Waals surface area contributed by atoms with E-state index in [4.69, 9.17) is 9.47 Å². The molecule has 1 saturated heterocycles. The fourth-order valence-corrected chi connectivity index (χ4v) is 4.13. The predicted molar refractivity (Wildman–Crippen MR) is 89.7 cm³/mol. The maximum atomic E-state index is 13.0. The highest BCUT2D eigenvalue weighted by atomic mass is 16.5. The second-order valence-electron chi connectivity index (χ2n) is 7.33. The normalized spacial score (nSPS) is 24.7. The molecule has 1 aliphatic carbocycles. The number of fused-ring (bicyclic) bond motifs is 1. The minimum atomic E-state index is -0.0312. The Morgan fingerprint density at radius 1 is 1.42 bits per heavy atom. The van der Waals surface area contributed by atoms with Crippen molar-refractivity contribution in [2.45, 2.75) is 31.9 Å². The fraction of sp³-hybridized carbons (Fsp3) is 0.647. The molecule has 138 valence electrons. The maximum absolute atomic E-state index is 13.0. The van der Waals surface area contributed by atoms with Gasteiger partial charge in [0.25, 0.3) is 5.91 Å². The Morgan fingerprint density at radius 2 is 2.31 bits per heavy atom. The Balaban J connectivity index is 1.36. The summed E-state index contributed by atoms with van der Waals surface area (Å²) in [5, 5.41) is 11.7. The molecule has 9 nitrogen and oxygen atoms in total. The van der Waals surface area contributed by atoms with Crippen LogP contribution >= 0.6 is 0 Å². The first-order valence-corrected chi connectivity index (χ1v) is 9.13. The largest absolute Gasteiger partial charge is 0.476 e. The van der Waals surface area contributed by atoms with E-state index in [-0.39, 0.29) is 11.8 Å². The topological polar surface area (TPSA) is 98.2 Å². The molecule has 0 aromatic carbocycles. The highest BCUT2D eigenvalue weighted by molar-refractivity contribution is 5.93. The first-order chi connectivity index (χ1) is 12.7. The maximum Gasteiger partial charge on any atom is 0.274 e. The molecule has 1 saturated carbocycles. The van der Waals surface area contributed by atoms with E-state index in [0.29, 0.717) is 49.7 Å². The van der Waals surface area contributed by atoms with E-state index < -0.39 is 0 Å². The Morgan fingerprint density at radius 3 is 3.08 bits per heavy atom. The van der Waals surface area contributed by atoms with Crippen LogP contribution in [0.5, 0.6) is 5.88 Å². The summed E-state index contributed by atoms with van der Waals surface area (Å²) in [6.45, 7) is 3.12. The first kappa shape index (κ1) is 15.8. The first-order valence-electron chi connectivity index (χ1n) is 9.13. The Labute approximate surface area is 150 Å². The van der Waals surface area contributed by atoms with Gasteiger partial charge in [0.05, 0.1) is 6.54 Å². The number of H-pyrrole nitrogens is 1. The van der Waals surface area contributed by atoms with Gasteiger partial charge < -0.3 is 14.4 Å². The molecule has 0 bridgehead atoms. The summed E-state index contributed by atoms with van der Waals surface area (Å²) in [6, 6.07) is 1.75. The minimum absolute atomic E-state index is 0.0312. The summed E-state index contributed by atoms with van der Waals surface area (Å²) < 4.78 is 12.3. The molecule has 2 atom stereocenters. The van der Waals surface area contributed by atoms with Gasteiger partial charge in [-0.1, -0.05) is 0 Å². The highest BCUT2D eigenvalue weighted by Crippen LogP contribution is 2.47. The van der Waals surface area contributed by atoms with Crippen molar-refractivity contribution >= 4 is 5.91 Å². The van der Waals surface area contributed by atoms with Gasteiger partial charge in [-0.15, -0.1) is 0 Å². The molecule has 26 heavy (non-hydrogen) atoms. The van der Waals surface area contributed by atoms with Crippen molar-refractivity contribution in [2.75, 3.05) is 26.8 Å². The zero-order valence-corrected chi connectivity index (χ0v) is 14.7. The van der Waals surface area contributed by atoms with Gasteiger partial charge in [-0.25, -0.2) is 9.67 Å². The van der Waals surface area contributed by atoms with Crippen molar-refractivity contribution < 1.29 is 14.3 Å². The lowest BCUT2D eigenvalue weighted by atomic mass is 9.91. The molecule has 9 heteroatoms. The minimum Gasteiger partial charge on any atom is -0.476 e. The summed E-state index contributed by atoms with van der Waals surface area (Å²) in [4.78, 5) is 19.4. The second kappa shape index (κ2) is 6.08. The average molecular weight is 358 g/mol. The van der Waals surface area contributed by atoms with Gasteiger partial charge in [-0.05, 0) is 24.7 Å². The molecule has 4 heterocycles. The molecular formula is C17H22N6O3.